The molecule has 0 radical (unpaired) electrons. The van der Waals surface area contributed by atoms with Crippen molar-refractivity contribution in [3.63, 3.8) is 0 Å². The highest BCUT2D eigenvalue weighted by Gasteiger charge is 2.40. The Morgan fingerprint density at radius 1 is 1.12 bits per heavy atom. The van der Waals surface area contributed by atoms with E-state index >= 15 is 0 Å². The van der Waals surface area contributed by atoms with E-state index in [2.05, 4.69) is 6.07 Å². The van der Waals surface area contributed by atoms with E-state index in [9.17, 15) is 14.7 Å². The van der Waals surface area contributed by atoms with Gasteiger partial charge in [0.25, 0.3) is 0 Å². The molecule has 2 aromatic rings. The van der Waals surface area contributed by atoms with Gasteiger partial charge in [-0.05, 0) is 68.0 Å². The predicted molar refractivity (Wildman–Crippen MR) is 129 cm³/mol. The average Bonchev–Trinajstić information content (AvgIpc) is 2.79. The first-order valence-corrected chi connectivity index (χ1v) is 11.2. The average molecular weight is 478 g/mol. The fourth-order valence-electron chi connectivity index (χ4n) is 5.03. The Kier molecular flexibility index (Phi) is 7.70. The number of nitrogens with zero attached hydrogens (tertiary/aromatic N) is 2. The van der Waals surface area contributed by atoms with E-state index in [1.54, 1.807) is 29.2 Å². The lowest BCUT2D eigenvalue weighted by Crippen LogP contribution is -2.55. The number of benzene rings is 2. The molecule has 4 rings (SSSR count). The summed E-state index contributed by atoms with van der Waals surface area (Å²) < 4.78 is 0. The minimum absolute atomic E-state index is 0. The number of urea groups is 1. The molecule has 8 heteroatoms. The fraction of sp³-hybridized carbons (Fsp3) is 0.417. The van der Waals surface area contributed by atoms with E-state index in [4.69, 9.17) is 17.3 Å². The molecular formula is C24H29Cl2N3O3. The maximum atomic E-state index is 13.3. The van der Waals surface area contributed by atoms with Crippen LogP contribution in [-0.4, -0.2) is 47.7 Å². The maximum absolute atomic E-state index is 13.3. The van der Waals surface area contributed by atoms with Gasteiger partial charge in [-0.3, -0.25) is 4.90 Å². The first kappa shape index (κ1) is 24.4. The first-order chi connectivity index (χ1) is 14.9. The fourth-order valence-corrected chi connectivity index (χ4v) is 5.22. The number of carboxylic acid groups (broad SMARTS) is 1. The first-order valence-electron chi connectivity index (χ1n) is 10.8. The van der Waals surface area contributed by atoms with Crippen LogP contribution in [0.5, 0.6) is 0 Å². The van der Waals surface area contributed by atoms with Crippen LogP contribution in [0.4, 0.5) is 10.5 Å². The van der Waals surface area contributed by atoms with E-state index in [1.165, 1.54) is 5.56 Å². The third kappa shape index (κ3) is 4.72. The molecule has 1 saturated carbocycles. The zero-order chi connectivity index (χ0) is 22.0. The Balaban J connectivity index is 0.00000289. The highest BCUT2D eigenvalue weighted by Crippen LogP contribution is 2.41. The Morgan fingerprint density at radius 3 is 2.50 bits per heavy atom. The maximum Gasteiger partial charge on any atom is 0.335 e. The highest BCUT2D eigenvalue weighted by molar-refractivity contribution is 6.30. The molecule has 2 amide bonds. The Hall–Kier alpha value is -2.28. The van der Waals surface area contributed by atoms with Gasteiger partial charge < -0.3 is 15.7 Å². The van der Waals surface area contributed by atoms with E-state index in [0.29, 0.717) is 18.8 Å². The lowest BCUT2D eigenvalue weighted by molar-refractivity contribution is 0.0696. The van der Waals surface area contributed by atoms with Crippen molar-refractivity contribution in [1.82, 2.24) is 4.90 Å². The van der Waals surface area contributed by atoms with Crippen LogP contribution in [0.3, 0.4) is 0 Å². The van der Waals surface area contributed by atoms with Crippen molar-refractivity contribution >= 4 is 41.7 Å². The third-order valence-electron chi connectivity index (χ3n) is 6.84. The van der Waals surface area contributed by atoms with Gasteiger partial charge in [-0.15, -0.1) is 12.4 Å². The van der Waals surface area contributed by atoms with Crippen molar-refractivity contribution in [1.29, 1.82) is 0 Å². The van der Waals surface area contributed by atoms with Crippen LogP contribution >= 0.6 is 24.0 Å². The largest absolute Gasteiger partial charge is 0.478 e. The van der Waals surface area contributed by atoms with Crippen molar-refractivity contribution in [2.24, 2.45) is 5.73 Å². The van der Waals surface area contributed by atoms with Crippen LogP contribution < -0.4 is 10.6 Å². The Morgan fingerprint density at radius 2 is 1.84 bits per heavy atom. The van der Waals surface area contributed by atoms with E-state index in [-0.39, 0.29) is 35.5 Å². The zero-order valence-corrected chi connectivity index (χ0v) is 19.4. The molecule has 1 saturated heterocycles. The van der Waals surface area contributed by atoms with Gasteiger partial charge in [0.15, 0.2) is 0 Å². The van der Waals surface area contributed by atoms with Crippen LogP contribution in [0, 0.1) is 0 Å². The molecular weight excluding hydrogens is 449 g/mol. The van der Waals surface area contributed by atoms with Crippen LogP contribution in [-0.2, 0) is 5.41 Å². The van der Waals surface area contributed by atoms with Crippen molar-refractivity contribution < 1.29 is 14.7 Å². The van der Waals surface area contributed by atoms with Gasteiger partial charge in [0.2, 0.25) is 0 Å². The number of amides is 2. The summed E-state index contributed by atoms with van der Waals surface area (Å²) in [6.07, 6.45) is 4.45. The van der Waals surface area contributed by atoms with Gasteiger partial charge in [-0.25, -0.2) is 9.59 Å². The van der Waals surface area contributed by atoms with Crippen molar-refractivity contribution in [3.05, 3.63) is 64.7 Å². The number of carbonyl (C=O) groups is 2. The number of rotatable bonds is 5. The zero-order valence-electron chi connectivity index (χ0n) is 17.9. The molecule has 1 aliphatic carbocycles. The molecule has 32 heavy (non-hydrogen) atoms. The summed E-state index contributed by atoms with van der Waals surface area (Å²) in [7, 11) is 0. The van der Waals surface area contributed by atoms with Gasteiger partial charge in [0.1, 0.15) is 0 Å². The minimum Gasteiger partial charge on any atom is -0.478 e. The monoisotopic (exact) mass is 477 g/mol. The molecule has 3 N–H and O–H groups in total. The summed E-state index contributed by atoms with van der Waals surface area (Å²) in [5.41, 5.74) is 8.13. The SMILES string of the molecule is Cl.NCC1(c2cccc(Cl)c2)CCC(N2CCCN(c3cccc(C(=O)O)c3)C2=O)CC1. The van der Waals surface area contributed by atoms with E-state index < -0.39 is 5.97 Å². The number of anilines is 1. The number of hydrogen-bond donors (Lipinski definition) is 2. The summed E-state index contributed by atoms with van der Waals surface area (Å²) >= 11 is 6.22. The number of hydrogen-bond acceptors (Lipinski definition) is 3. The van der Waals surface area contributed by atoms with E-state index in [1.807, 2.05) is 23.1 Å². The molecule has 6 nitrogen and oxygen atoms in total. The molecule has 1 heterocycles. The second-order valence-corrected chi connectivity index (χ2v) is 9.00. The van der Waals surface area contributed by atoms with Gasteiger partial charge in [0, 0.05) is 41.8 Å². The van der Waals surface area contributed by atoms with E-state index in [0.717, 1.165) is 43.7 Å². The molecule has 2 aromatic carbocycles. The summed E-state index contributed by atoms with van der Waals surface area (Å²) in [6, 6.07) is 14.7. The van der Waals surface area contributed by atoms with Crippen LogP contribution in [0.15, 0.2) is 48.5 Å². The molecule has 1 aliphatic heterocycles. The number of aromatic carboxylic acids is 1. The standard InChI is InChI=1S/C24H28ClN3O3.ClH/c25-19-6-2-5-18(15-19)24(16-26)10-8-20(9-11-24)27-12-3-13-28(23(27)31)21-7-1-4-17(14-21)22(29)30;/h1-2,4-7,14-15,20H,3,8-13,16,26H2,(H,29,30);1H. The number of carbonyl (C=O) groups excluding carboxylic acids is 1. The van der Waals surface area contributed by atoms with Crippen LogP contribution in [0.1, 0.15) is 48.0 Å². The normalized spacial score (nSPS) is 23.6. The molecule has 2 aliphatic rings. The molecule has 0 atom stereocenters. The number of halogens is 2. The third-order valence-corrected chi connectivity index (χ3v) is 7.08. The lowest BCUT2D eigenvalue weighted by Gasteiger charge is -2.46. The van der Waals surface area contributed by atoms with Crippen LogP contribution in [0.2, 0.25) is 5.02 Å². The summed E-state index contributed by atoms with van der Waals surface area (Å²) in [6.45, 7) is 1.88. The van der Waals surface area contributed by atoms with Crippen molar-refractivity contribution in [2.75, 3.05) is 24.5 Å². The molecule has 2 fully saturated rings. The van der Waals surface area contributed by atoms with Gasteiger partial charge in [0.05, 0.1) is 5.56 Å². The Bertz CT molecular complexity index is 976. The summed E-state index contributed by atoms with van der Waals surface area (Å²) in [5, 5.41) is 10.0. The smallest absolute Gasteiger partial charge is 0.335 e. The van der Waals surface area contributed by atoms with Gasteiger partial charge >= 0.3 is 12.0 Å². The summed E-state index contributed by atoms with van der Waals surface area (Å²) in [4.78, 5) is 28.3. The quantitative estimate of drug-likeness (QED) is 0.638. The molecule has 172 valence electrons. The molecule has 0 spiro atoms. The predicted octanol–water partition coefficient (Wildman–Crippen LogP) is 4.93. The number of carboxylic acids is 1. The van der Waals surface area contributed by atoms with Gasteiger partial charge in [-0.2, -0.15) is 0 Å². The Labute approximate surface area is 199 Å². The van der Waals surface area contributed by atoms with Crippen molar-refractivity contribution in [2.45, 2.75) is 43.6 Å². The highest BCUT2D eigenvalue weighted by atomic mass is 35.5. The van der Waals surface area contributed by atoms with Crippen LogP contribution in [0.25, 0.3) is 0 Å². The number of nitrogens with two attached hydrogens (primary N) is 1. The topological polar surface area (TPSA) is 86.9 Å². The minimum atomic E-state index is -0.991. The molecule has 0 aromatic heterocycles. The summed E-state index contributed by atoms with van der Waals surface area (Å²) in [5.74, 6) is -0.991. The second-order valence-electron chi connectivity index (χ2n) is 8.56. The van der Waals surface area contributed by atoms with Crippen molar-refractivity contribution in [3.8, 4) is 0 Å². The second kappa shape index (κ2) is 10.1. The van der Waals surface area contributed by atoms with Gasteiger partial charge in [-0.1, -0.05) is 29.8 Å². The molecule has 0 unspecified atom stereocenters. The lowest BCUT2D eigenvalue weighted by atomic mass is 9.68. The molecule has 0 bridgehead atoms.